The number of ether oxygens (including phenoxy) is 2. The van der Waals surface area contributed by atoms with Gasteiger partial charge in [-0.05, 0) is 66.0 Å². The molecule has 0 amide bonds. The lowest BCUT2D eigenvalue weighted by molar-refractivity contribution is 0.174. The number of rotatable bonds is 6. The van der Waals surface area contributed by atoms with Gasteiger partial charge in [0.15, 0.2) is 11.5 Å². The molecule has 0 atom stereocenters. The zero-order valence-corrected chi connectivity index (χ0v) is 19.3. The van der Waals surface area contributed by atoms with Crippen molar-refractivity contribution in [2.45, 2.75) is 10.6 Å². The highest BCUT2D eigenvalue weighted by Crippen LogP contribution is 2.35. The first-order chi connectivity index (χ1) is 17.2. The fourth-order valence-electron chi connectivity index (χ4n) is 3.86. The highest BCUT2D eigenvalue weighted by molar-refractivity contribution is 7.98. The number of aromatic amines is 1. The van der Waals surface area contributed by atoms with Crippen LogP contribution in [0.15, 0.2) is 94.7 Å². The molecular formula is C27H20N4O3S. The van der Waals surface area contributed by atoms with Crippen molar-refractivity contribution in [3.05, 3.63) is 101 Å². The van der Waals surface area contributed by atoms with Crippen molar-refractivity contribution < 1.29 is 9.47 Å². The summed E-state index contributed by atoms with van der Waals surface area (Å²) in [6, 6.07) is 25.4. The molecule has 7 nitrogen and oxygen atoms in total. The number of benzene rings is 3. The molecule has 0 fully saturated rings. The Morgan fingerprint density at radius 2 is 1.80 bits per heavy atom. The van der Waals surface area contributed by atoms with Gasteiger partial charge in [0.2, 0.25) is 12.7 Å². The summed E-state index contributed by atoms with van der Waals surface area (Å²) < 4.78 is 10.8. The molecule has 6 rings (SSSR count). The van der Waals surface area contributed by atoms with Gasteiger partial charge in [-0.1, -0.05) is 18.2 Å². The van der Waals surface area contributed by atoms with E-state index in [2.05, 4.69) is 20.3 Å². The number of pyridine rings is 1. The third-order valence-corrected chi connectivity index (χ3v) is 6.72. The molecule has 8 heteroatoms. The van der Waals surface area contributed by atoms with E-state index in [0.29, 0.717) is 11.7 Å². The minimum Gasteiger partial charge on any atom is -0.454 e. The Morgan fingerprint density at radius 1 is 0.943 bits per heavy atom. The molecule has 3 aromatic carbocycles. The third kappa shape index (κ3) is 4.56. The van der Waals surface area contributed by atoms with E-state index in [0.717, 1.165) is 49.8 Å². The number of aromatic nitrogens is 3. The smallest absolute Gasteiger partial charge is 0.252 e. The molecule has 0 aliphatic carbocycles. The number of H-pyrrole nitrogens is 1. The monoisotopic (exact) mass is 480 g/mol. The molecule has 0 spiro atoms. The average molecular weight is 481 g/mol. The second kappa shape index (κ2) is 9.15. The highest BCUT2D eigenvalue weighted by Gasteiger charge is 2.14. The van der Waals surface area contributed by atoms with Crippen LogP contribution >= 0.6 is 11.8 Å². The predicted octanol–water partition coefficient (Wildman–Crippen LogP) is 5.75. The largest absolute Gasteiger partial charge is 0.454 e. The lowest BCUT2D eigenvalue weighted by Crippen LogP contribution is -2.11. The first-order valence-electron chi connectivity index (χ1n) is 11.1. The molecule has 2 N–H and O–H groups in total. The maximum atomic E-state index is 12.4. The summed E-state index contributed by atoms with van der Waals surface area (Å²) in [5, 5.41) is 4.29. The molecule has 0 radical (unpaired) electrons. The molecule has 172 valence electrons. The number of hydrogen-bond acceptors (Lipinski definition) is 7. The van der Waals surface area contributed by atoms with E-state index >= 15 is 0 Å². The van der Waals surface area contributed by atoms with Gasteiger partial charge in [-0.2, -0.15) is 0 Å². The Labute approximate surface area is 205 Å². The highest BCUT2D eigenvalue weighted by atomic mass is 32.2. The van der Waals surface area contributed by atoms with Crippen molar-refractivity contribution >= 4 is 34.3 Å². The fourth-order valence-corrected chi connectivity index (χ4v) is 4.73. The second-order valence-electron chi connectivity index (χ2n) is 7.98. The Hall–Kier alpha value is -4.30. The second-order valence-corrected chi connectivity index (χ2v) is 9.03. The van der Waals surface area contributed by atoms with Crippen LogP contribution in [-0.2, 0) is 5.75 Å². The number of thioether (sulfide) groups is 1. The maximum absolute atomic E-state index is 12.4. The average Bonchev–Trinajstić information content (AvgIpc) is 3.37. The van der Waals surface area contributed by atoms with E-state index in [9.17, 15) is 4.79 Å². The number of fused-ring (bicyclic) bond motifs is 2. The Morgan fingerprint density at radius 3 is 2.71 bits per heavy atom. The number of nitrogens with zero attached hydrogens (tertiary/aromatic N) is 2. The maximum Gasteiger partial charge on any atom is 0.252 e. The van der Waals surface area contributed by atoms with Crippen LogP contribution in [-0.4, -0.2) is 21.7 Å². The minimum absolute atomic E-state index is 0.0472. The number of nitrogens with one attached hydrogen (secondary N) is 2. The van der Waals surface area contributed by atoms with Gasteiger partial charge in [0.05, 0.1) is 5.69 Å². The molecule has 0 saturated heterocycles. The molecule has 3 heterocycles. The van der Waals surface area contributed by atoms with Crippen molar-refractivity contribution in [2.24, 2.45) is 0 Å². The van der Waals surface area contributed by atoms with Crippen LogP contribution in [0.25, 0.3) is 22.2 Å². The molecule has 1 aliphatic rings. The summed E-state index contributed by atoms with van der Waals surface area (Å²) in [6.45, 7) is 0.238. The summed E-state index contributed by atoms with van der Waals surface area (Å²) >= 11 is 1.62. The van der Waals surface area contributed by atoms with Gasteiger partial charge in [0.1, 0.15) is 0 Å². The van der Waals surface area contributed by atoms with Crippen molar-refractivity contribution in [1.29, 1.82) is 0 Å². The molecule has 1 aliphatic heterocycles. The van der Waals surface area contributed by atoms with Gasteiger partial charge in [-0.15, -0.1) is 11.8 Å². The van der Waals surface area contributed by atoms with Crippen molar-refractivity contribution in [2.75, 3.05) is 12.1 Å². The summed E-state index contributed by atoms with van der Waals surface area (Å²) in [5.74, 6) is 2.55. The van der Waals surface area contributed by atoms with E-state index < -0.39 is 0 Å². The van der Waals surface area contributed by atoms with Crippen LogP contribution in [0.5, 0.6) is 11.5 Å². The summed E-state index contributed by atoms with van der Waals surface area (Å²) in [7, 11) is 0. The normalized spacial score (nSPS) is 12.1. The SMILES string of the molecule is O=c1[nH]c2ccccc2cc1CSc1ccc(Nc2nccc(-c3ccc4c(c3)OCO4)n2)cc1. The quantitative estimate of drug-likeness (QED) is 0.299. The minimum atomic E-state index is -0.0472. The van der Waals surface area contributed by atoms with Gasteiger partial charge < -0.3 is 19.8 Å². The molecule has 0 saturated carbocycles. The molecule has 0 bridgehead atoms. The Kier molecular flexibility index (Phi) is 5.56. The van der Waals surface area contributed by atoms with Crippen molar-refractivity contribution in [3.8, 4) is 22.8 Å². The van der Waals surface area contributed by atoms with Crippen molar-refractivity contribution in [3.63, 3.8) is 0 Å². The van der Waals surface area contributed by atoms with Crippen LogP contribution in [0.1, 0.15) is 5.56 Å². The zero-order valence-electron chi connectivity index (χ0n) is 18.5. The number of para-hydroxylation sites is 1. The first-order valence-corrected chi connectivity index (χ1v) is 12.0. The summed E-state index contributed by atoms with van der Waals surface area (Å²) in [5.41, 5.74) is 4.15. The standard InChI is InChI=1S/C27H20N4O3S/c32-26-19(13-17-3-1-2-4-22(17)30-26)15-35-21-8-6-20(7-9-21)29-27-28-12-11-23(31-27)18-5-10-24-25(14-18)34-16-33-24/h1-14H,15-16H2,(H,30,32)(H,28,29,31). The van der Waals surface area contributed by atoms with Crippen LogP contribution < -0.4 is 20.3 Å². The first kappa shape index (κ1) is 21.2. The Bertz CT molecular complexity index is 1580. The van der Waals surface area contributed by atoms with Gasteiger partial charge in [0.25, 0.3) is 5.56 Å². The molecule has 0 unspecified atom stereocenters. The van der Waals surface area contributed by atoms with E-state index in [4.69, 9.17) is 9.47 Å². The molecule has 2 aromatic heterocycles. The van der Waals surface area contributed by atoms with E-state index in [1.165, 1.54) is 0 Å². The topological polar surface area (TPSA) is 89.1 Å². The van der Waals surface area contributed by atoms with Gasteiger partial charge in [-0.25, -0.2) is 9.97 Å². The van der Waals surface area contributed by atoms with E-state index in [1.54, 1.807) is 18.0 Å². The molecule has 5 aromatic rings. The lowest BCUT2D eigenvalue weighted by Gasteiger charge is -2.08. The molecule has 35 heavy (non-hydrogen) atoms. The van der Waals surface area contributed by atoms with Gasteiger partial charge in [-0.3, -0.25) is 4.79 Å². The third-order valence-electron chi connectivity index (χ3n) is 5.66. The lowest BCUT2D eigenvalue weighted by atomic mass is 10.1. The number of hydrogen-bond donors (Lipinski definition) is 2. The van der Waals surface area contributed by atoms with Gasteiger partial charge in [0, 0.05) is 39.2 Å². The molecular weight excluding hydrogens is 460 g/mol. The van der Waals surface area contributed by atoms with Gasteiger partial charge >= 0.3 is 0 Å². The van der Waals surface area contributed by atoms with E-state index in [1.807, 2.05) is 78.9 Å². The van der Waals surface area contributed by atoms with Crippen LogP contribution in [0.4, 0.5) is 11.6 Å². The van der Waals surface area contributed by atoms with Crippen LogP contribution in [0.3, 0.4) is 0 Å². The van der Waals surface area contributed by atoms with Crippen LogP contribution in [0, 0.1) is 0 Å². The summed E-state index contributed by atoms with van der Waals surface area (Å²) in [4.78, 5) is 25.4. The predicted molar refractivity (Wildman–Crippen MR) is 137 cm³/mol. The van der Waals surface area contributed by atoms with Crippen LogP contribution in [0.2, 0.25) is 0 Å². The van der Waals surface area contributed by atoms with Crippen molar-refractivity contribution in [1.82, 2.24) is 15.0 Å². The number of anilines is 2. The zero-order chi connectivity index (χ0) is 23.6. The summed E-state index contributed by atoms with van der Waals surface area (Å²) in [6.07, 6.45) is 1.72. The van der Waals surface area contributed by atoms with E-state index in [-0.39, 0.29) is 12.4 Å². The fraction of sp³-hybridized carbons (Fsp3) is 0.0741. The Balaban J connectivity index is 1.13.